The molecule has 3 amide bonds. The number of aliphatic carboxylic acids is 1. The van der Waals surface area contributed by atoms with E-state index >= 15 is 0 Å². The third kappa shape index (κ3) is 16.7. The Hall–Kier alpha value is -5.92. The molecule has 0 spiro atoms. The van der Waals surface area contributed by atoms with Gasteiger partial charge in [-0.05, 0) is 119 Å². The van der Waals surface area contributed by atoms with Crippen molar-refractivity contribution < 1.29 is 57.6 Å². The quantitative estimate of drug-likeness (QED) is 0.0508. The summed E-state index contributed by atoms with van der Waals surface area (Å²) in [7, 11) is 1.75. The molecule has 2 aromatic heterocycles. The summed E-state index contributed by atoms with van der Waals surface area (Å²) < 4.78 is 30.9. The lowest BCUT2D eigenvalue weighted by atomic mass is 10.1. The van der Waals surface area contributed by atoms with Crippen molar-refractivity contribution in [1.82, 2.24) is 19.4 Å². The lowest BCUT2D eigenvalue weighted by Crippen LogP contribution is -2.37. The zero-order valence-electron chi connectivity index (χ0n) is 36.5. The number of carboxylic acids is 1. The van der Waals surface area contributed by atoms with Crippen LogP contribution in [0.2, 0.25) is 0 Å². The van der Waals surface area contributed by atoms with Gasteiger partial charge in [0.15, 0.2) is 5.13 Å². The molecule has 20 heteroatoms. The number of imidazole rings is 1. The highest BCUT2D eigenvalue weighted by atomic mass is 32.1. The van der Waals surface area contributed by atoms with Gasteiger partial charge in [-0.1, -0.05) is 5.16 Å². The summed E-state index contributed by atoms with van der Waals surface area (Å²) in [4.78, 5) is 76.3. The van der Waals surface area contributed by atoms with Crippen LogP contribution in [0.5, 0.6) is 5.75 Å². The maximum Gasteiger partial charge on any atom is 0.437 e. The highest BCUT2D eigenvalue weighted by Crippen LogP contribution is 2.23. The zero-order chi connectivity index (χ0) is 45.2. The minimum atomic E-state index is -1.51. The highest BCUT2D eigenvalue weighted by molar-refractivity contribution is 7.14. The molecular weight excluding hydrogens is 803 g/mol. The topological polar surface area (TPSA) is 232 Å². The van der Waals surface area contributed by atoms with E-state index in [1.165, 1.54) is 5.38 Å². The largest absolute Gasteiger partial charge is 0.489 e. The van der Waals surface area contributed by atoms with Crippen LogP contribution in [0.1, 0.15) is 95.2 Å². The van der Waals surface area contributed by atoms with Crippen LogP contribution < -0.4 is 21.0 Å². The number of anilines is 1. The number of nitrogens with one attached hydrogen (secondary N) is 2. The van der Waals surface area contributed by atoms with E-state index in [9.17, 15) is 29.1 Å². The molecule has 1 aromatic carbocycles. The standard InChI is InChI=1S/C40H57N7O12S/c1-37(2,3)55-31(50)28(59-45-29(30(48)49)26-23-60-32(42-26)43-35(52)57-39(7,8)9)22-54-25-17-15-24(16-18-25)27-21-47(20-14-19-41-34(51)56-38(4,5)6)33(46(27)13)44-36(53)58-40(10,11)12/h15-18,21,23,28H,14,19-20,22H2,1-13H3,(H,41,51)(H,48,49)(H,42,43,52)/b44-33-,45-29-/t28-/m0/s1. The number of ether oxygens (including phenoxy) is 5. The second kappa shape index (κ2) is 19.9. The number of oxime groups is 1. The van der Waals surface area contributed by atoms with Gasteiger partial charge in [0.05, 0.1) is 5.69 Å². The first-order valence-corrected chi connectivity index (χ1v) is 19.9. The molecule has 0 unspecified atom stereocenters. The summed E-state index contributed by atoms with van der Waals surface area (Å²) in [6.45, 7) is 20.9. The molecule has 19 nitrogen and oxygen atoms in total. The van der Waals surface area contributed by atoms with Gasteiger partial charge in [-0.15, -0.1) is 16.3 Å². The molecule has 0 radical (unpaired) electrons. The minimum absolute atomic E-state index is 0.0510. The molecule has 1 atom stereocenters. The van der Waals surface area contributed by atoms with E-state index in [0.29, 0.717) is 36.6 Å². The number of nitrogens with zero attached hydrogens (tertiary/aromatic N) is 5. The Kier molecular flexibility index (Phi) is 16.1. The normalized spacial score (nSPS) is 13.2. The van der Waals surface area contributed by atoms with Crippen LogP contribution in [0.4, 0.5) is 19.5 Å². The molecule has 3 aromatic rings. The van der Waals surface area contributed by atoms with Crippen molar-refractivity contribution >= 4 is 52.4 Å². The summed E-state index contributed by atoms with van der Waals surface area (Å²) in [6, 6.07) is 6.81. The second-order valence-electron chi connectivity index (χ2n) is 17.3. The van der Waals surface area contributed by atoms with E-state index in [1.54, 1.807) is 124 Å². The van der Waals surface area contributed by atoms with Crippen molar-refractivity contribution in [3.05, 3.63) is 47.2 Å². The van der Waals surface area contributed by atoms with Crippen molar-refractivity contribution in [2.45, 2.75) is 125 Å². The molecule has 0 fully saturated rings. The molecule has 0 aliphatic heterocycles. The van der Waals surface area contributed by atoms with E-state index in [-0.39, 0.29) is 10.8 Å². The predicted octanol–water partition coefficient (Wildman–Crippen LogP) is 6.64. The predicted molar refractivity (Wildman–Crippen MR) is 222 cm³/mol. The van der Waals surface area contributed by atoms with Gasteiger partial charge in [0.25, 0.3) is 6.10 Å². The Morgan fingerprint density at radius 3 is 1.98 bits per heavy atom. The Bertz CT molecular complexity index is 2090. The number of thiazole rings is 1. The Labute approximate surface area is 353 Å². The van der Waals surface area contributed by atoms with Gasteiger partial charge >= 0.3 is 30.2 Å². The number of carboxylic acid groups (broad SMARTS) is 1. The Morgan fingerprint density at radius 1 is 0.833 bits per heavy atom. The first-order chi connectivity index (χ1) is 27.6. The number of amides is 3. The van der Waals surface area contributed by atoms with E-state index < -0.39 is 71.0 Å². The van der Waals surface area contributed by atoms with Gasteiger partial charge in [-0.25, -0.2) is 29.0 Å². The van der Waals surface area contributed by atoms with E-state index in [4.69, 9.17) is 28.5 Å². The smallest absolute Gasteiger partial charge is 0.437 e. The zero-order valence-corrected chi connectivity index (χ0v) is 37.3. The fourth-order valence-electron chi connectivity index (χ4n) is 4.83. The number of aromatic nitrogens is 3. The average Bonchev–Trinajstić information content (AvgIpc) is 3.64. The van der Waals surface area contributed by atoms with Crippen molar-refractivity contribution in [1.29, 1.82) is 0 Å². The summed E-state index contributed by atoms with van der Waals surface area (Å²) >= 11 is 0.933. The maximum atomic E-state index is 13.2. The van der Waals surface area contributed by atoms with Crippen LogP contribution in [0.3, 0.4) is 0 Å². The number of carbonyl (C=O) groups is 5. The first-order valence-electron chi connectivity index (χ1n) is 19.0. The van der Waals surface area contributed by atoms with Gasteiger partial charge in [-0.3, -0.25) is 5.32 Å². The van der Waals surface area contributed by atoms with Gasteiger partial charge < -0.3 is 48.1 Å². The van der Waals surface area contributed by atoms with Crippen molar-refractivity contribution in [3.8, 4) is 17.0 Å². The van der Waals surface area contributed by atoms with Crippen LogP contribution in [0.15, 0.2) is 46.0 Å². The van der Waals surface area contributed by atoms with Gasteiger partial charge in [-0.2, -0.15) is 0 Å². The van der Waals surface area contributed by atoms with Crippen molar-refractivity contribution in [2.75, 3.05) is 18.5 Å². The number of alkyl carbamates (subject to hydrolysis) is 1. The number of esters is 1. The van der Waals surface area contributed by atoms with E-state index in [0.717, 1.165) is 16.9 Å². The average molecular weight is 860 g/mol. The van der Waals surface area contributed by atoms with Crippen LogP contribution >= 0.6 is 11.3 Å². The van der Waals surface area contributed by atoms with Crippen molar-refractivity contribution in [2.24, 2.45) is 17.2 Å². The SMILES string of the molecule is Cn1c(-c2ccc(OC[C@H](O/N=C(\C(=O)O)c3csc(NC(=O)OC(C)(C)C)n3)C(=O)OC(C)(C)C)cc2)cn(CCCNC(=O)OC(C)(C)C)/c1=N\C(=O)OC(C)(C)C. The summed E-state index contributed by atoms with van der Waals surface area (Å²) in [5.41, 5.74) is -2.17. The number of hydrogen-bond donors (Lipinski definition) is 3. The molecule has 330 valence electrons. The highest BCUT2D eigenvalue weighted by Gasteiger charge is 2.30. The molecule has 3 rings (SSSR count). The molecule has 0 bridgehead atoms. The molecule has 0 aliphatic rings. The van der Waals surface area contributed by atoms with Gasteiger partial charge in [0.2, 0.25) is 11.3 Å². The molecule has 0 aliphatic carbocycles. The van der Waals surface area contributed by atoms with Crippen LogP contribution in [0.25, 0.3) is 11.3 Å². The molecule has 60 heavy (non-hydrogen) atoms. The summed E-state index contributed by atoms with van der Waals surface area (Å²) in [5, 5.41) is 20.2. The fraction of sp³-hybridized carbons (Fsp3) is 0.550. The van der Waals surface area contributed by atoms with Gasteiger partial charge in [0.1, 0.15) is 40.5 Å². The molecule has 2 heterocycles. The Morgan fingerprint density at radius 2 is 1.42 bits per heavy atom. The van der Waals surface area contributed by atoms with Crippen LogP contribution in [-0.2, 0) is 47.0 Å². The summed E-state index contributed by atoms with van der Waals surface area (Å²) in [5.74, 6) is -2.05. The molecule has 0 saturated carbocycles. The fourth-order valence-corrected chi connectivity index (χ4v) is 5.51. The Balaban J connectivity index is 1.84. The minimum Gasteiger partial charge on any atom is -0.489 e. The van der Waals surface area contributed by atoms with Crippen LogP contribution in [0, 0.1) is 0 Å². The van der Waals surface area contributed by atoms with Crippen LogP contribution in [-0.4, -0.2) is 96.8 Å². The summed E-state index contributed by atoms with van der Waals surface area (Å²) in [6.07, 6.45) is -1.29. The van der Waals surface area contributed by atoms with Gasteiger partial charge in [0, 0.05) is 31.7 Å². The number of hydrogen-bond acceptors (Lipinski definition) is 14. The maximum absolute atomic E-state index is 13.2. The lowest BCUT2D eigenvalue weighted by molar-refractivity contribution is -0.170. The molecule has 0 saturated heterocycles. The first kappa shape index (κ1) is 48.4. The van der Waals surface area contributed by atoms with E-state index in [1.807, 2.05) is 6.20 Å². The molecule has 3 N–H and O–H groups in total. The third-order valence-corrected chi connectivity index (χ3v) is 7.83. The van der Waals surface area contributed by atoms with E-state index in [2.05, 4.69) is 25.8 Å². The number of rotatable bonds is 14. The second-order valence-corrected chi connectivity index (χ2v) is 18.2. The number of benzene rings is 1. The number of carbonyl (C=O) groups excluding carboxylic acids is 4. The molecular formula is C40H57N7O12S. The van der Waals surface area contributed by atoms with Crippen molar-refractivity contribution in [3.63, 3.8) is 0 Å². The lowest BCUT2D eigenvalue weighted by Gasteiger charge is -2.23. The monoisotopic (exact) mass is 859 g/mol. The third-order valence-electron chi connectivity index (χ3n) is 7.07. The number of aryl methyl sites for hydroxylation is 1.